The molecule has 0 aliphatic carbocycles. The van der Waals surface area contributed by atoms with E-state index in [0.717, 1.165) is 0 Å². The summed E-state index contributed by atoms with van der Waals surface area (Å²) < 4.78 is 5.01. The number of aliphatic hydroxyl groups excluding tert-OH is 1. The maximum Gasteiger partial charge on any atom is 0.333 e. The van der Waals surface area contributed by atoms with Gasteiger partial charge in [0, 0.05) is 7.05 Å². The Morgan fingerprint density at radius 1 is 1.50 bits per heavy atom. The molecule has 100 valence electrons. The summed E-state index contributed by atoms with van der Waals surface area (Å²) in [6, 6.07) is 4.87. The number of rotatable bonds is 5. The molecule has 0 atom stereocenters. The van der Waals surface area contributed by atoms with E-state index in [0.29, 0.717) is 5.69 Å². The lowest BCUT2D eigenvalue weighted by molar-refractivity contribution is -0.385. The Balaban J connectivity index is 3.36. The molecule has 0 spiro atoms. The quantitative estimate of drug-likeness (QED) is 0.640. The lowest BCUT2D eigenvalue weighted by Gasteiger charge is -2.35. The van der Waals surface area contributed by atoms with Crippen LogP contribution in [0.3, 0.4) is 0 Å². The Bertz CT molecular complexity index is 446. The second-order valence-corrected chi connectivity index (χ2v) is 4.61. The number of nitro benzene ring substituents is 1. The zero-order chi connectivity index (χ0) is 13.9. The lowest BCUT2D eigenvalue weighted by Crippen LogP contribution is -2.44. The Kier molecular flexibility index (Phi) is 4.13. The van der Waals surface area contributed by atoms with Gasteiger partial charge in [0.1, 0.15) is 5.69 Å². The predicted octanol–water partition coefficient (Wildman–Crippen LogP) is 1.81. The summed E-state index contributed by atoms with van der Waals surface area (Å²) in [6.07, 6.45) is 0. The number of nitrogens with zero attached hydrogens (tertiary/aromatic N) is 2. The molecule has 1 aromatic rings. The Morgan fingerprint density at radius 3 is 2.56 bits per heavy atom. The first-order valence-corrected chi connectivity index (χ1v) is 5.51. The summed E-state index contributed by atoms with van der Waals surface area (Å²) in [7, 11) is 3.10. The monoisotopic (exact) mass is 254 g/mol. The van der Waals surface area contributed by atoms with Crippen molar-refractivity contribution in [1.82, 2.24) is 0 Å². The van der Waals surface area contributed by atoms with Crippen LogP contribution in [0.25, 0.3) is 0 Å². The number of methoxy groups -OCH3 is 1. The van der Waals surface area contributed by atoms with Crippen LogP contribution in [-0.4, -0.2) is 36.3 Å². The molecule has 0 fully saturated rings. The van der Waals surface area contributed by atoms with E-state index in [1.54, 1.807) is 44.0 Å². The van der Waals surface area contributed by atoms with Gasteiger partial charge < -0.3 is 14.7 Å². The number of likely N-dealkylation sites (N-methyl/N-ethyl adjacent to an activating group) is 1. The predicted molar refractivity (Wildman–Crippen MR) is 69.2 cm³/mol. The first-order chi connectivity index (χ1) is 8.35. The first-order valence-electron chi connectivity index (χ1n) is 5.51. The summed E-state index contributed by atoms with van der Waals surface area (Å²) in [6.45, 7) is 3.49. The minimum Gasteiger partial charge on any atom is -0.490 e. The minimum atomic E-state index is -0.600. The molecule has 0 unspecified atom stereocenters. The number of aliphatic hydroxyl groups is 1. The van der Waals surface area contributed by atoms with Gasteiger partial charge in [-0.05, 0) is 26.0 Å². The van der Waals surface area contributed by atoms with Crippen LogP contribution in [0.2, 0.25) is 0 Å². The molecular weight excluding hydrogens is 236 g/mol. The number of benzene rings is 1. The molecule has 6 heteroatoms. The van der Waals surface area contributed by atoms with Crippen LogP contribution >= 0.6 is 0 Å². The molecule has 0 aromatic heterocycles. The summed E-state index contributed by atoms with van der Waals surface area (Å²) in [5.74, 6) is 0.207. The number of hydrogen-bond donors (Lipinski definition) is 1. The van der Waals surface area contributed by atoms with Crippen molar-refractivity contribution < 1.29 is 14.8 Å². The van der Waals surface area contributed by atoms with Crippen LogP contribution < -0.4 is 9.64 Å². The SMILES string of the molecule is COc1cccc(N(C)C(C)(C)CO)c1[N+](=O)[O-]. The largest absolute Gasteiger partial charge is 0.490 e. The van der Waals surface area contributed by atoms with E-state index in [9.17, 15) is 15.2 Å². The first kappa shape index (κ1) is 14.2. The number of ether oxygens (including phenoxy) is 1. The number of nitro groups is 1. The molecule has 1 aromatic carbocycles. The van der Waals surface area contributed by atoms with Gasteiger partial charge in [-0.2, -0.15) is 0 Å². The fraction of sp³-hybridized carbons (Fsp3) is 0.500. The fourth-order valence-corrected chi connectivity index (χ4v) is 1.56. The van der Waals surface area contributed by atoms with Gasteiger partial charge in [-0.15, -0.1) is 0 Å². The highest BCUT2D eigenvalue weighted by Crippen LogP contribution is 2.38. The molecule has 1 rings (SSSR count). The molecule has 0 heterocycles. The van der Waals surface area contributed by atoms with Gasteiger partial charge >= 0.3 is 5.69 Å². The van der Waals surface area contributed by atoms with Crippen molar-refractivity contribution in [2.24, 2.45) is 0 Å². The molecule has 6 nitrogen and oxygen atoms in total. The van der Waals surface area contributed by atoms with Crippen molar-refractivity contribution in [1.29, 1.82) is 0 Å². The van der Waals surface area contributed by atoms with Gasteiger partial charge in [0.25, 0.3) is 0 Å². The zero-order valence-corrected chi connectivity index (χ0v) is 11.0. The molecule has 0 bridgehead atoms. The summed E-state index contributed by atoms with van der Waals surface area (Å²) >= 11 is 0. The molecule has 0 saturated carbocycles. The van der Waals surface area contributed by atoms with Crippen LogP contribution in [0.4, 0.5) is 11.4 Å². The number of para-hydroxylation sites is 1. The van der Waals surface area contributed by atoms with Crippen molar-refractivity contribution in [2.45, 2.75) is 19.4 Å². The van der Waals surface area contributed by atoms with E-state index in [2.05, 4.69) is 0 Å². The van der Waals surface area contributed by atoms with E-state index < -0.39 is 10.5 Å². The Labute approximate surface area is 106 Å². The van der Waals surface area contributed by atoms with E-state index in [4.69, 9.17) is 4.74 Å². The molecule has 0 aliphatic heterocycles. The second kappa shape index (κ2) is 5.22. The third-order valence-electron chi connectivity index (χ3n) is 3.04. The van der Waals surface area contributed by atoms with Crippen LogP contribution in [0.5, 0.6) is 5.75 Å². The molecule has 0 amide bonds. The van der Waals surface area contributed by atoms with E-state index in [1.807, 2.05) is 0 Å². The summed E-state index contributed by atoms with van der Waals surface area (Å²) in [5.41, 5.74) is -0.278. The maximum absolute atomic E-state index is 11.2. The van der Waals surface area contributed by atoms with E-state index in [-0.39, 0.29) is 18.0 Å². The number of hydrogen-bond acceptors (Lipinski definition) is 5. The van der Waals surface area contributed by atoms with Gasteiger partial charge in [0.15, 0.2) is 5.75 Å². The van der Waals surface area contributed by atoms with Crippen molar-refractivity contribution in [2.75, 3.05) is 25.7 Å². The minimum absolute atomic E-state index is 0.0935. The van der Waals surface area contributed by atoms with Crippen LogP contribution in [0.15, 0.2) is 18.2 Å². The highest BCUT2D eigenvalue weighted by molar-refractivity contribution is 5.70. The van der Waals surface area contributed by atoms with Crippen molar-refractivity contribution in [3.05, 3.63) is 28.3 Å². The third kappa shape index (κ3) is 2.53. The lowest BCUT2D eigenvalue weighted by atomic mass is 10.0. The third-order valence-corrected chi connectivity index (χ3v) is 3.04. The number of anilines is 1. The molecular formula is C12H18N2O4. The van der Waals surface area contributed by atoms with Crippen molar-refractivity contribution in [3.8, 4) is 5.75 Å². The average Bonchev–Trinajstić information content (AvgIpc) is 2.36. The highest BCUT2D eigenvalue weighted by atomic mass is 16.6. The maximum atomic E-state index is 11.2. The van der Waals surface area contributed by atoms with Crippen molar-refractivity contribution >= 4 is 11.4 Å². The smallest absolute Gasteiger partial charge is 0.333 e. The fourth-order valence-electron chi connectivity index (χ4n) is 1.56. The Hall–Kier alpha value is -1.82. The van der Waals surface area contributed by atoms with E-state index in [1.165, 1.54) is 7.11 Å². The van der Waals surface area contributed by atoms with Gasteiger partial charge in [-0.1, -0.05) is 6.07 Å². The zero-order valence-electron chi connectivity index (χ0n) is 11.0. The second-order valence-electron chi connectivity index (χ2n) is 4.61. The summed E-state index contributed by atoms with van der Waals surface area (Å²) in [4.78, 5) is 12.4. The van der Waals surface area contributed by atoms with E-state index >= 15 is 0 Å². The molecule has 0 aliphatic rings. The summed E-state index contributed by atoms with van der Waals surface area (Å²) in [5, 5.41) is 20.5. The average molecular weight is 254 g/mol. The van der Waals surface area contributed by atoms with Crippen LogP contribution in [0.1, 0.15) is 13.8 Å². The van der Waals surface area contributed by atoms with Crippen LogP contribution in [-0.2, 0) is 0 Å². The normalized spacial score (nSPS) is 11.2. The van der Waals surface area contributed by atoms with Gasteiger partial charge in [0.2, 0.25) is 0 Å². The van der Waals surface area contributed by atoms with Crippen molar-refractivity contribution in [3.63, 3.8) is 0 Å². The molecule has 1 N–H and O–H groups in total. The van der Waals surface area contributed by atoms with Crippen LogP contribution in [0, 0.1) is 10.1 Å². The standard InChI is InChI=1S/C12H18N2O4/c1-12(2,8-15)13(3)9-6-5-7-10(18-4)11(9)14(16)17/h5-7,15H,8H2,1-4H3. The molecule has 18 heavy (non-hydrogen) atoms. The van der Waals surface area contributed by atoms with Gasteiger partial charge in [-0.3, -0.25) is 10.1 Å². The van der Waals surface area contributed by atoms with Gasteiger partial charge in [-0.25, -0.2) is 0 Å². The highest BCUT2D eigenvalue weighted by Gasteiger charge is 2.30. The Morgan fingerprint density at radius 2 is 2.11 bits per heavy atom. The topological polar surface area (TPSA) is 75.8 Å². The molecule has 0 saturated heterocycles. The van der Waals surface area contributed by atoms with Gasteiger partial charge in [0.05, 0.1) is 24.2 Å². The molecule has 0 radical (unpaired) electrons.